The Morgan fingerprint density at radius 2 is 2.13 bits per heavy atom. The maximum Gasteiger partial charge on any atom is 0.236 e. The smallest absolute Gasteiger partial charge is 0.236 e. The number of ketones is 1. The highest BCUT2D eigenvalue weighted by molar-refractivity contribution is 5.87. The molecule has 15 heavy (non-hydrogen) atoms. The quantitative estimate of drug-likeness (QED) is 0.741. The van der Waals surface area contributed by atoms with Crippen molar-refractivity contribution in [3.05, 3.63) is 12.4 Å². The number of nitrogens with two attached hydrogens (primary N) is 1. The Labute approximate surface area is 87.3 Å². The van der Waals surface area contributed by atoms with E-state index in [0.717, 1.165) is 0 Å². The van der Waals surface area contributed by atoms with Crippen molar-refractivity contribution in [2.24, 2.45) is 5.92 Å². The largest absolute Gasteiger partial charge is 0.369 e. The van der Waals surface area contributed by atoms with Crippen molar-refractivity contribution in [1.29, 1.82) is 0 Å². The molecule has 80 valence electrons. The molecule has 1 aromatic heterocycles. The minimum absolute atomic E-state index is 0.0440. The molecule has 1 saturated carbocycles. The summed E-state index contributed by atoms with van der Waals surface area (Å²) in [6.45, 7) is 0. The van der Waals surface area contributed by atoms with Gasteiger partial charge < -0.3 is 5.73 Å². The molecular formula is C10H13N3O2. The van der Waals surface area contributed by atoms with Crippen LogP contribution in [0.15, 0.2) is 12.4 Å². The van der Waals surface area contributed by atoms with Crippen LogP contribution in [0.4, 0.5) is 5.95 Å². The predicted octanol–water partition coefficient (Wildman–Crippen LogP) is 0.865. The fraction of sp³-hybridized carbons (Fsp3) is 0.500. The summed E-state index contributed by atoms with van der Waals surface area (Å²) in [5.41, 5.74) is 5.54. The topological polar surface area (TPSA) is 78.0 Å². The lowest BCUT2D eigenvalue weighted by Crippen LogP contribution is -2.26. The number of nitrogen functional groups attached to an aromatic ring is 1. The molecule has 0 radical (unpaired) electrons. The van der Waals surface area contributed by atoms with Crippen molar-refractivity contribution in [1.82, 2.24) is 9.55 Å². The van der Waals surface area contributed by atoms with Gasteiger partial charge in [0.2, 0.25) is 11.9 Å². The van der Waals surface area contributed by atoms with Crippen LogP contribution in [0.3, 0.4) is 0 Å². The van der Waals surface area contributed by atoms with Crippen LogP contribution in [-0.2, 0) is 4.79 Å². The zero-order valence-corrected chi connectivity index (χ0v) is 8.35. The van der Waals surface area contributed by atoms with Crippen molar-refractivity contribution in [2.45, 2.75) is 25.7 Å². The summed E-state index contributed by atoms with van der Waals surface area (Å²) >= 11 is 0. The lowest BCUT2D eigenvalue weighted by molar-refractivity contribution is -0.120. The maximum atomic E-state index is 11.9. The number of hydrogen-bond acceptors (Lipinski definition) is 4. The Bertz CT molecular complexity index is 387. The molecule has 1 aliphatic carbocycles. The standard InChI is InChI=1S/C10H13N3O2/c11-10-12-5-6-13(10)9(15)7-1-3-8(14)4-2-7/h5-7H,1-4H2,(H2,11,12). The van der Waals surface area contributed by atoms with E-state index >= 15 is 0 Å². The summed E-state index contributed by atoms with van der Waals surface area (Å²) in [7, 11) is 0. The molecule has 0 amide bonds. The van der Waals surface area contributed by atoms with Gasteiger partial charge in [-0.15, -0.1) is 0 Å². The Hall–Kier alpha value is -1.65. The molecule has 5 heteroatoms. The van der Waals surface area contributed by atoms with E-state index in [2.05, 4.69) is 4.98 Å². The van der Waals surface area contributed by atoms with Crippen LogP contribution in [-0.4, -0.2) is 21.2 Å². The first-order chi connectivity index (χ1) is 7.18. The summed E-state index contributed by atoms with van der Waals surface area (Å²) in [6, 6.07) is 0. The third-order valence-electron chi connectivity index (χ3n) is 2.80. The molecular weight excluding hydrogens is 194 g/mol. The van der Waals surface area contributed by atoms with Crippen LogP contribution in [0.2, 0.25) is 0 Å². The average Bonchev–Trinajstić information content (AvgIpc) is 2.65. The molecule has 1 aromatic rings. The second kappa shape index (κ2) is 3.84. The zero-order chi connectivity index (χ0) is 10.8. The van der Waals surface area contributed by atoms with E-state index in [-0.39, 0.29) is 23.6 Å². The highest BCUT2D eigenvalue weighted by Crippen LogP contribution is 2.23. The molecule has 0 aliphatic heterocycles. The minimum Gasteiger partial charge on any atom is -0.369 e. The molecule has 1 aliphatic rings. The molecule has 0 atom stereocenters. The predicted molar refractivity (Wildman–Crippen MR) is 54.2 cm³/mol. The van der Waals surface area contributed by atoms with Crippen LogP contribution in [0, 0.1) is 5.92 Å². The molecule has 0 unspecified atom stereocenters. The van der Waals surface area contributed by atoms with Crippen LogP contribution in [0.5, 0.6) is 0 Å². The van der Waals surface area contributed by atoms with Crippen molar-refractivity contribution >= 4 is 17.6 Å². The molecule has 1 fully saturated rings. The number of imidazole rings is 1. The van der Waals surface area contributed by atoms with Gasteiger partial charge in [-0.25, -0.2) is 4.98 Å². The van der Waals surface area contributed by atoms with Gasteiger partial charge >= 0.3 is 0 Å². The Kier molecular flexibility index (Phi) is 2.53. The Morgan fingerprint density at radius 1 is 1.47 bits per heavy atom. The molecule has 0 bridgehead atoms. The van der Waals surface area contributed by atoms with Crippen molar-refractivity contribution < 1.29 is 9.59 Å². The van der Waals surface area contributed by atoms with Crippen molar-refractivity contribution in [3.8, 4) is 0 Å². The molecule has 2 N–H and O–H groups in total. The van der Waals surface area contributed by atoms with Crippen LogP contribution >= 0.6 is 0 Å². The van der Waals surface area contributed by atoms with Gasteiger partial charge in [0.1, 0.15) is 5.78 Å². The number of anilines is 1. The van der Waals surface area contributed by atoms with Crippen molar-refractivity contribution in [3.63, 3.8) is 0 Å². The van der Waals surface area contributed by atoms with E-state index in [1.54, 1.807) is 6.20 Å². The van der Waals surface area contributed by atoms with Gasteiger partial charge in [0.05, 0.1) is 0 Å². The molecule has 0 aromatic carbocycles. The molecule has 0 spiro atoms. The van der Waals surface area contributed by atoms with Gasteiger partial charge in [0, 0.05) is 31.2 Å². The summed E-state index contributed by atoms with van der Waals surface area (Å²) in [6.07, 6.45) is 5.34. The van der Waals surface area contributed by atoms with E-state index in [9.17, 15) is 9.59 Å². The average molecular weight is 207 g/mol. The van der Waals surface area contributed by atoms with Crippen LogP contribution in [0.25, 0.3) is 0 Å². The summed E-state index contributed by atoms with van der Waals surface area (Å²) < 4.78 is 1.36. The van der Waals surface area contributed by atoms with Gasteiger partial charge in [-0.3, -0.25) is 14.2 Å². The number of aromatic nitrogens is 2. The fourth-order valence-corrected chi connectivity index (χ4v) is 1.88. The number of nitrogens with zero attached hydrogens (tertiary/aromatic N) is 2. The van der Waals surface area contributed by atoms with Gasteiger partial charge in [0.15, 0.2) is 0 Å². The van der Waals surface area contributed by atoms with E-state index in [0.29, 0.717) is 25.7 Å². The third-order valence-corrected chi connectivity index (χ3v) is 2.80. The minimum atomic E-state index is -0.0841. The van der Waals surface area contributed by atoms with Gasteiger partial charge in [0.25, 0.3) is 0 Å². The number of Topliss-reactive ketones (excluding diaryl/α,β-unsaturated/α-hetero) is 1. The van der Waals surface area contributed by atoms with E-state index in [1.807, 2.05) is 0 Å². The van der Waals surface area contributed by atoms with E-state index in [1.165, 1.54) is 10.8 Å². The molecule has 1 heterocycles. The second-order valence-electron chi connectivity index (χ2n) is 3.81. The number of rotatable bonds is 1. The second-order valence-corrected chi connectivity index (χ2v) is 3.81. The first-order valence-electron chi connectivity index (χ1n) is 5.03. The van der Waals surface area contributed by atoms with Crippen molar-refractivity contribution in [2.75, 3.05) is 5.73 Å². The molecule has 0 saturated heterocycles. The monoisotopic (exact) mass is 207 g/mol. The number of carbonyl (C=O) groups excluding carboxylic acids is 2. The normalized spacial score (nSPS) is 18.0. The Balaban J connectivity index is 2.09. The fourth-order valence-electron chi connectivity index (χ4n) is 1.88. The first-order valence-corrected chi connectivity index (χ1v) is 5.03. The lowest BCUT2D eigenvalue weighted by Gasteiger charge is -2.19. The van der Waals surface area contributed by atoms with E-state index < -0.39 is 0 Å². The summed E-state index contributed by atoms with van der Waals surface area (Å²) in [5, 5.41) is 0. The third kappa shape index (κ3) is 1.91. The maximum absolute atomic E-state index is 11.9. The summed E-state index contributed by atoms with van der Waals surface area (Å²) in [5.74, 6) is 0.339. The lowest BCUT2D eigenvalue weighted by atomic mass is 9.88. The SMILES string of the molecule is Nc1nccn1C(=O)C1CCC(=O)CC1. The highest BCUT2D eigenvalue weighted by Gasteiger charge is 2.26. The number of hydrogen-bond donors (Lipinski definition) is 1. The zero-order valence-electron chi connectivity index (χ0n) is 8.35. The number of carbonyl (C=O) groups is 2. The van der Waals surface area contributed by atoms with Gasteiger partial charge in [-0.05, 0) is 12.8 Å². The molecule has 5 nitrogen and oxygen atoms in total. The van der Waals surface area contributed by atoms with Gasteiger partial charge in [-0.1, -0.05) is 0 Å². The van der Waals surface area contributed by atoms with Crippen LogP contribution < -0.4 is 5.73 Å². The van der Waals surface area contributed by atoms with E-state index in [4.69, 9.17) is 5.73 Å². The van der Waals surface area contributed by atoms with Gasteiger partial charge in [-0.2, -0.15) is 0 Å². The van der Waals surface area contributed by atoms with Crippen LogP contribution in [0.1, 0.15) is 30.5 Å². The molecule has 2 rings (SSSR count). The highest BCUT2D eigenvalue weighted by atomic mass is 16.2. The first kappa shape index (κ1) is 9.89. The Morgan fingerprint density at radius 3 is 2.67 bits per heavy atom. The summed E-state index contributed by atoms with van der Waals surface area (Å²) in [4.78, 5) is 26.7.